The maximum Gasteiger partial charge on any atom is 0.0784 e. The van der Waals surface area contributed by atoms with Gasteiger partial charge in [-0.2, -0.15) is 0 Å². The van der Waals surface area contributed by atoms with E-state index in [-0.39, 0.29) is 0 Å². The van der Waals surface area contributed by atoms with Crippen molar-refractivity contribution in [3.63, 3.8) is 0 Å². The lowest BCUT2D eigenvalue weighted by Crippen LogP contribution is -2.48. The summed E-state index contributed by atoms with van der Waals surface area (Å²) in [6.45, 7) is 46.0. The van der Waals surface area contributed by atoms with Crippen LogP contribution < -0.4 is 31.1 Å². The van der Waals surface area contributed by atoms with Crippen molar-refractivity contribution in [2.24, 2.45) is 0 Å². The second-order valence-corrected chi connectivity index (χ2v) is 53.8. The lowest BCUT2D eigenvalue weighted by molar-refractivity contribution is 1.62. The van der Waals surface area contributed by atoms with Gasteiger partial charge in [0.15, 0.2) is 0 Å². The summed E-state index contributed by atoms with van der Waals surface area (Å²) in [4.78, 5) is 0. The quantitative estimate of drug-likeness (QED) is 0.100. The molecule has 0 N–H and O–H groups in total. The van der Waals surface area contributed by atoms with Crippen molar-refractivity contribution < 1.29 is 0 Å². The molecule has 0 fully saturated rings. The predicted octanol–water partition coefficient (Wildman–Crippen LogP) is 12.9. The first kappa shape index (κ1) is 43.0. The maximum atomic E-state index is 2.74. The molecule has 0 heterocycles. The Balaban J connectivity index is 1.85. The molecule has 0 aromatic heterocycles. The highest BCUT2D eigenvalue weighted by atomic mass is 28.3. The van der Waals surface area contributed by atoms with Gasteiger partial charge in [0.1, 0.15) is 0 Å². The molecule has 0 aliphatic heterocycles. The van der Waals surface area contributed by atoms with E-state index in [1.165, 1.54) is 49.0 Å². The Morgan fingerprint density at radius 3 is 0.897 bits per heavy atom. The van der Waals surface area contributed by atoms with Crippen molar-refractivity contribution in [2.75, 3.05) is 0 Å². The Bertz CT molecular complexity index is 2620. The van der Waals surface area contributed by atoms with Gasteiger partial charge >= 0.3 is 0 Å². The standard InChI is InChI=1S/C52H70Si6/c1-53(2,3)42-25-20-26-43(54(4,5)6)50(42)38-33-40-41(52-46(57(13,14)15)29-22-30-47(52)58(16,17)18)34-39(37-32-31-35-23-19-24-36(38)48(35)49(37)40)51-44(55(7,8)9)27-21-28-45(51)56(10,11)12/h19-34H,1-18H3. The van der Waals surface area contributed by atoms with Crippen molar-refractivity contribution in [3.05, 3.63) is 97.1 Å². The number of hydrogen-bond donors (Lipinski definition) is 0. The van der Waals surface area contributed by atoms with E-state index in [4.69, 9.17) is 0 Å². The van der Waals surface area contributed by atoms with E-state index >= 15 is 0 Å². The molecule has 0 aliphatic rings. The van der Waals surface area contributed by atoms with Crippen LogP contribution in [-0.2, 0) is 0 Å². The zero-order valence-electron chi connectivity index (χ0n) is 39.2. The van der Waals surface area contributed by atoms with Crippen molar-refractivity contribution in [1.29, 1.82) is 0 Å². The molecule has 0 saturated heterocycles. The summed E-state index contributed by atoms with van der Waals surface area (Å²) < 4.78 is 0. The van der Waals surface area contributed by atoms with Gasteiger partial charge in [-0.05, 0) is 77.8 Å². The van der Waals surface area contributed by atoms with Gasteiger partial charge in [0.2, 0.25) is 0 Å². The molecule has 7 aromatic rings. The van der Waals surface area contributed by atoms with Crippen molar-refractivity contribution in [3.8, 4) is 33.4 Å². The average Bonchev–Trinajstić information content (AvgIpc) is 3.10. The summed E-state index contributed by atoms with van der Waals surface area (Å²) in [5, 5.41) is 18.1. The Morgan fingerprint density at radius 2 is 0.552 bits per heavy atom. The van der Waals surface area contributed by atoms with E-state index in [2.05, 4.69) is 215 Å². The van der Waals surface area contributed by atoms with Gasteiger partial charge in [-0.25, -0.2) is 0 Å². The van der Waals surface area contributed by atoms with Crippen molar-refractivity contribution >= 4 is 112 Å². The van der Waals surface area contributed by atoms with Gasteiger partial charge in [-0.15, -0.1) is 0 Å². The molecule has 0 unspecified atom stereocenters. The Labute approximate surface area is 357 Å². The Hall–Kier alpha value is -3.12. The van der Waals surface area contributed by atoms with E-state index < -0.39 is 48.4 Å². The summed E-state index contributed by atoms with van der Waals surface area (Å²) in [5.74, 6) is 0. The SMILES string of the molecule is C[Si](C)(C)c1cccc([Si](C)(C)C)c1-c1cc2c(-c3c([Si](C)(C)C)cccc3[Si](C)(C)C)cc(-c3c([Si](C)(C)C)cccc3[Si](C)(C)C)c3ccc4cccc1c4c32. The van der Waals surface area contributed by atoms with Crippen molar-refractivity contribution in [2.45, 2.75) is 118 Å². The lowest BCUT2D eigenvalue weighted by Gasteiger charge is -2.33. The molecule has 0 atom stereocenters. The van der Waals surface area contributed by atoms with E-state index in [1.54, 1.807) is 47.8 Å². The van der Waals surface area contributed by atoms with Gasteiger partial charge in [0.05, 0.1) is 48.4 Å². The summed E-state index contributed by atoms with van der Waals surface area (Å²) >= 11 is 0. The van der Waals surface area contributed by atoms with Gasteiger partial charge in [-0.3, -0.25) is 0 Å². The third-order valence-electron chi connectivity index (χ3n) is 12.6. The highest BCUT2D eigenvalue weighted by Crippen LogP contribution is 2.47. The van der Waals surface area contributed by atoms with Crippen LogP contribution in [0.2, 0.25) is 118 Å². The lowest BCUT2D eigenvalue weighted by atomic mass is 9.83. The van der Waals surface area contributed by atoms with Crippen LogP contribution >= 0.6 is 0 Å². The molecule has 7 rings (SSSR count). The molecule has 58 heavy (non-hydrogen) atoms. The average molecular weight is 864 g/mol. The Kier molecular flexibility index (Phi) is 10.6. The monoisotopic (exact) mass is 862 g/mol. The highest BCUT2D eigenvalue weighted by Gasteiger charge is 2.35. The molecule has 0 radical (unpaired) electrons. The van der Waals surface area contributed by atoms with Gasteiger partial charge in [-0.1, -0.05) is 234 Å². The summed E-state index contributed by atoms with van der Waals surface area (Å²) in [6.07, 6.45) is 0. The number of benzene rings is 7. The fraction of sp³-hybridized carbons (Fsp3) is 0.346. The molecule has 0 bridgehead atoms. The minimum atomic E-state index is -1.81. The minimum absolute atomic E-state index is 1.35. The van der Waals surface area contributed by atoms with E-state index in [1.807, 2.05) is 0 Å². The molecule has 0 spiro atoms. The van der Waals surface area contributed by atoms with Gasteiger partial charge in [0, 0.05) is 0 Å². The molecule has 0 saturated carbocycles. The van der Waals surface area contributed by atoms with Crippen LogP contribution in [0.4, 0.5) is 0 Å². The molecular weight excluding hydrogens is 793 g/mol. The Morgan fingerprint density at radius 1 is 0.259 bits per heavy atom. The largest absolute Gasteiger partial charge is 0.0784 e. The van der Waals surface area contributed by atoms with Gasteiger partial charge in [0.25, 0.3) is 0 Å². The maximum absolute atomic E-state index is 2.74. The van der Waals surface area contributed by atoms with E-state index in [0.29, 0.717) is 0 Å². The second kappa shape index (κ2) is 14.2. The highest BCUT2D eigenvalue weighted by molar-refractivity contribution is 6.95. The minimum Gasteiger partial charge on any atom is -0.0656 e. The zero-order chi connectivity index (χ0) is 42.7. The second-order valence-electron chi connectivity index (χ2n) is 23.5. The molecule has 302 valence electrons. The molecule has 0 aliphatic carbocycles. The molecule has 0 amide bonds. The zero-order valence-corrected chi connectivity index (χ0v) is 45.2. The molecule has 7 aromatic carbocycles. The van der Waals surface area contributed by atoms with E-state index in [0.717, 1.165) is 0 Å². The summed E-state index contributed by atoms with van der Waals surface area (Å²) in [6, 6.07) is 39.7. The topological polar surface area (TPSA) is 0 Å². The summed E-state index contributed by atoms with van der Waals surface area (Å²) in [5.41, 5.74) is 9.00. The number of hydrogen-bond acceptors (Lipinski definition) is 0. The summed E-state index contributed by atoms with van der Waals surface area (Å²) in [7, 11) is -10.7. The first-order valence-electron chi connectivity index (χ1n) is 21.8. The van der Waals surface area contributed by atoms with Crippen LogP contribution in [0, 0.1) is 0 Å². The van der Waals surface area contributed by atoms with Crippen LogP contribution in [0.15, 0.2) is 97.1 Å². The molecule has 6 heteroatoms. The first-order valence-corrected chi connectivity index (χ1v) is 42.8. The number of rotatable bonds is 9. The fourth-order valence-corrected chi connectivity index (χ4v) is 19.9. The van der Waals surface area contributed by atoms with Crippen LogP contribution in [0.25, 0.3) is 65.7 Å². The first-order chi connectivity index (χ1) is 26.6. The van der Waals surface area contributed by atoms with Crippen LogP contribution in [0.3, 0.4) is 0 Å². The van der Waals surface area contributed by atoms with Gasteiger partial charge < -0.3 is 0 Å². The third kappa shape index (κ3) is 7.49. The normalized spacial score (nSPS) is 13.7. The fourth-order valence-electron chi connectivity index (χ4n) is 9.81. The van der Waals surface area contributed by atoms with Crippen LogP contribution in [-0.4, -0.2) is 48.4 Å². The van der Waals surface area contributed by atoms with Crippen LogP contribution in [0.5, 0.6) is 0 Å². The van der Waals surface area contributed by atoms with Crippen molar-refractivity contribution in [1.82, 2.24) is 0 Å². The van der Waals surface area contributed by atoms with E-state index in [9.17, 15) is 0 Å². The van der Waals surface area contributed by atoms with Crippen LogP contribution in [0.1, 0.15) is 0 Å². The molecular formula is C52H70Si6. The predicted molar refractivity (Wildman–Crippen MR) is 284 cm³/mol. The smallest absolute Gasteiger partial charge is 0.0656 e. The molecule has 0 nitrogen and oxygen atoms in total. The third-order valence-corrected chi connectivity index (χ3v) is 24.8.